The van der Waals surface area contributed by atoms with Crippen LogP contribution in [0.15, 0.2) is 18.2 Å². The first-order chi connectivity index (χ1) is 5.65. The normalized spacial score (nSPS) is 12.8. The molecule has 0 aliphatic rings. The van der Waals surface area contributed by atoms with Gasteiger partial charge < -0.3 is 21.7 Å². The summed E-state index contributed by atoms with van der Waals surface area (Å²) in [6, 6.07) is 4.14. The molecule has 0 saturated carbocycles. The second-order valence-electron chi connectivity index (χ2n) is 2.59. The van der Waals surface area contributed by atoms with Crippen LogP contribution in [0.25, 0.3) is 0 Å². The number of aromatic hydroxyl groups is 2. The number of hydrogen-bond acceptors (Lipinski definition) is 4. The first kappa shape index (κ1) is 8.83. The van der Waals surface area contributed by atoms with Gasteiger partial charge in [0.15, 0.2) is 11.5 Å². The quantitative estimate of drug-likeness (QED) is 0.470. The Kier molecular flexibility index (Phi) is 2.52. The molecule has 1 aromatic carbocycles. The molecule has 1 aromatic rings. The van der Waals surface area contributed by atoms with Gasteiger partial charge in [-0.25, -0.2) is 0 Å². The van der Waals surface area contributed by atoms with Gasteiger partial charge in [0.05, 0.1) is 0 Å². The Hall–Kier alpha value is -1.26. The molecule has 66 valence electrons. The van der Waals surface area contributed by atoms with E-state index in [9.17, 15) is 0 Å². The molecular formula is C8H12N2O2. The zero-order valence-corrected chi connectivity index (χ0v) is 6.57. The van der Waals surface area contributed by atoms with Crippen LogP contribution in [0.4, 0.5) is 0 Å². The second-order valence-corrected chi connectivity index (χ2v) is 2.59. The van der Waals surface area contributed by atoms with Crippen LogP contribution in [-0.4, -0.2) is 16.8 Å². The van der Waals surface area contributed by atoms with Gasteiger partial charge in [0.1, 0.15) is 0 Å². The fraction of sp³-hybridized carbons (Fsp3) is 0.250. The summed E-state index contributed by atoms with van der Waals surface area (Å²) in [5, 5.41) is 18.1. The molecule has 0 aliphatic carbocycles. The van der Waals surface area contributed by atoms with E-state index in [2.05, 4.69) is 0 Å². The molecule has 0 heterocycles. The van der Waals surface area contributed by atoms with Gasteiger partial charge in [-0.1, -0.05) is 6.07 Å². The third-order valence-corrected chi connectivity index (χ3v) is 1.68. The smallest absolute Gasteiger partial charge is 0.157 e. The van der Waals surface area contributed by atoms with E-state index in [1.165, 1.54) is 12.1 Å². The average molecular weight is 168 g/mol. The highest BCUT2D eigenvalue weighted by molar-refractivity contribution is 5.41. The zero-order valence-electron chi connectivity index (χ0n) is 6.57. The summed E-state index contributed by atoms with van der Waals surface area (Å²) in [5.41, 5.74) is 11.6. The van der Waals surface area contributed by atoms with Crippen molar-refractivity contribution in [2.24, 2.45) is 11.5 Å². The van der Waals surface area contributed by atoms with E-state index < -0.39 is 0 Å². The lowest BCUT2D eigenvalue weighted by Gasteiger charge is -2.09. The Bertz CT molecular complexity index is 276. The van der Waals surface area contributed by atoms with E-state index in [1.807, 2.05) is 0 Å². The van der Waals surface area contributed by atoms with Crippen LogP contribution in [0.3, 0.4) is 0 Å². The minimum absolute atomic E-state index is 0.150. The van der Waals surface area contributed by atoms with Crippen molar-refractivity contribution >= 4 is 0 Å². The third-order valence-electron chi connectivity index (χ3n) is 1.68. The minimum atomic E-state index is -0.295. The lowest BCUT2D eigenvalue weighted by Crippen LogP contribution is -2.20. The van der Waals surface area contributed by atoms with Crippen LogP contribution in [-0.2, 0) is 0 Å². The standard InChI is InChI=1S/C8H12N2O2/c9-4-6(10)5-1-2-7(11)8(12)3-5/h1-3,6,11-12H,4,9-10H2. The first-order valence-electron chi connectivity index (χ1n) is 3.62. The van der Waals surface area contributed by atoms with Gasteiger partial charge in [-0.3, -0.25) is 0 Å². The number of hydrogen-bond donors (Lipinski definition) is 4. The lowest BCUT2D eigenvalue weighted by molar-refractivity contribution is 0.402. The van der Waals surface area contributed by atoms with Crippen molar-refractivity contribution in [3.63, 3.8) is 0 Å². The van der Waals surface area contributed by atoms with Crippen LogP contribution < -0.4 is 11.5 Å². The van der Waals surface area contributed by atoms with E-state index in [0.29, 0.717) is 12.1 Å². The summed E-state index contributed by atoms with van der Waals surface area (Å²) in [6.07, 6.45) is 0. The Labute approximate surface area is 70.4 Å². The molecule has 0 saturated heterocycles. The Morgan fingerprint density at radius 2 is 1.92 bits per heavy atom. The van der Waals surface area contributed by atoms with Crippen LogP contribution in [0.5, 0.6) is 11.5 Å². The molecule has 0 radical (unpaired) electrons. The van der Waals surface area contributed by atoms with E-state index in [0.717, 1.165) is 0 Å². The monoisotopic (exact) mass is 168 g/mol. The van der Waals surface area contributed by atoms with Crippen molar-refractivity contribution in [3.8, 4) is 11.5 Å². The Morgan fingerprint density at radius 3 is 2.42 bits per heavy atom. The molecule has 0 amide bonds. The Balaban J connectivity index is 2.96. The SMILES string of the molecule is NCC(N)c1ccc(O)c(O)c1. The minimum Gasteiger partial charge on any atom is -0.504 e. The summed E-state index contributed by atoms with van der Waals surface area (Å²) < 4.78 is 0. The van der Waals surface area contributed by atoms with Crippen molar-refractivity contribution in [1.29, 1.82) is 0 Å². The van der Waals surface area contributed by atoms with Crippen molar-refractivity contribution in [2.45, 2.75) is 6.04 Å². The fourth-order valence-corrected chi connectivity index (χ4v) is 0.907. The maximum absolute atomic E-state index is 9.10. The van der Waals surface area contributed by atoms with Crippen LogP contribution in [0.2, 0.25) is 0 Å². The fourth-order valence-electron chi connectivity index (χ4n) is 0.907. The highest BCUT2D eigenvalue weighted by Crippen LogP contribution is 2.26. The van der Waals surface area contributed by atoms with Crippen molar-refractivity contribution < 1.29 is 10.2 Å². The molecule has 0 aliphatic heterocycles. The molecule has 6 N–H and O–H groups in total. The molecule has 1 rings (SSSR count). The van der Waals surface area contributed by atoms with E-state index >= 15 is 0 Å². The topological polar surface area (TPSA) is 92.5 Å². The van der Waals surface area contributed by atoms with Gasteiger partial charge in [-0.05, 0) is 17.7 Å². The van der Waals surface area contributed by atoms with Crippen molar-refractivity contribution in [3.05, 3.63) is 23.8 Å². The van der Waals surface area contributed by atoms with Gasteiger partial charge in [-0.2, -0.15) is 0 Å². The number of phenols is 2. The van der Waals surface area contributed by atoms with Crippen LogP contribution in [0.1, 0.15) is 11.6 Å². The molecular weight excluding hydrogens is 156 g/mol. The number of benzene rings is 1. The number of nitrogens with two attached hydrogens (primary N) is 2. The lowest BCUT2D eigenvalue weighted by atomic mass is 10.1. The largest absolute Gasteiger partial charge is 0.504 e. The highest BCUT2D eigenvalue weighted by atomic mass is 16.3. The predicted octanol–water partition coefficient (Wildman–Crippen LogP) is 0.0563. The van der Waals surface area contributed by atoms with Gasteiger partial charge in [0.25, 0.3) is 0 Å². The first-order valence-corrected chi connectivity index (χ1v) is 3.62. The van der Waals surface area contributed by atoms with Gasteiger partial charge in [-0.15, -0.1) is 0 Å². The van der Waals surface area contributed by atoms with Crippen LogP contribution >= 0.6 is 0 Å². The summed E-state index contributed by atoms with van der Waals surface area (Å²) >= 11 is 0. The molecule has 4 heteroatoms. The molecule has 0 aromatic heterocycles. The molecule has 0 bridgehead atoms. The van der Waals surface area contributed by atoms with Crippen molar-refractivity contribution in [2.75, 3.05) is 6.54 Å². The predicted molar refractivity (Wildman–Crippen MR) is 45.8 cm³/mol. The zero-order chi connectivity index (χ0) is 9.14. The molecule has 0 spiro atoms. The molecule has 1 atom stereocenters. The average Bonchev–Trinajstić information content (AvgIpc) is 2.08. The summed E-state index contributed by atoms with van der Waals surface area (Å²) in [4.78, 5) is 0. The molecule has 1 unspecified atom stereocenters. The second kappa shape index (κ2) is 3.42. The summed E-state index contributed by atoms with van der Waals surface area (Å²) in [5.74, 6) is -0.320. The van der Waals surface area contributed by atoms with Crippen molar-refractivity contribution in [1.82, 2.24) is 0 Å². The summed E-state index contributed by atoms with van der Waals surface area (Å²) in [6.45, 7) is 0.310. The van der Waals surface area contributed by atoms with E-state index in [-0.39, 0.29) is 17.5 Å². The van der Waals surface area contributed by atoms with Gasteiger partial charge in [0, 0.05) is 12.6 Å². The number of rotatable bonds is 2. The maximum atomic E-state index is 9.10. The van der Waals surface area contributed by atoms with Gasteiger partial charge in [0.2, 0.25) is 0 Å². The highest BCUT2D eigenvalue weighted by Gasteiger charge is 2.06. The van der Waals surface area contributed by atoms with E-state index in [1.54, 1.807) is 6.07 Å². The third kappa shape index (κ3) is 1.66. The Morgan fingerprint density at radius 1 is 1.25 bits per heavy atom. The number of phenolic OH excluding ortho intramolecular Hbond substituents is 2. The summed E-state index contributed by atoms with van der Waals surface area (Å²) in [7, 11) is 0. The van der Waals surface area contributed by atoms with Gasteiger partial charge >= 0.3 is 0 Å². The molecule has 12 heavy (non-hydrogen) atoms. The maximum Gasteiger partial charge on any atom is 0.157 e. The molecule has 0 fully saturated rings. The molecule has 4 nitrogen and oxygen atoms in total. The van der Waals surface area contributed by atoms with Crippen LogP contribution in [0, 0.1) is 0 Å². The van der Waals surface area contributed by atoms with E-state index in [4.69, 9.17) is 21.7 Å².